The second kappa shape index (κ2) is 7.78. The number of hydrogen-bond donors (Lipinski definition) is 2. The number of hydrogen-bond acceptors (Lipinski definition) is 6. The third-order valence-corrected chi connectivity index (χ3v) is 5.02. The van der Waals surface area contributed by atoms with E-state index < -0.39 is 6.04 Å². The highest BCUT2D eigenvalue weighted by Crippen LogP contribution is 2.20. The van der Waals surface area contributed by atoms with E-state index in [0.29, 0.717) is 30.4 Å². The van der Waals surface area contributed by atoms with Gasteiger partial charge in [-0.2, -0.15) is 0 Å². The molecular formula is C20H21N5O4. The quantitative estimate of drug-likeness (QED) is 0.637. The number of hydrazine groups is 1. The average molecular weight is 395 g/mol. The Bertz CT molecular complexity index is 1110. The van der Waals surface area contributed by atoms with Gasteiger partial charge in [-0.05, 0) is 44.0 Å². The number of nitrogens with one attached hydrogen (secondary N) is 2. The van der Waals surface area contributed by atoms with Crippen molar-refractivity contribution in [3.8, 4) is 0 Å². The molecule has 0 bridgehead atoms. The number of carbonyl (C=O) groups excluding carboxylic acids is 2. The molecule has 3 heterocycles. The average Bonchev–Trinajstić information content (AvgIpc) is 3.44. The molecule has 2 aromatic heterocycles. The molecule has 1 aliphatic heterocycles. The Kier molecular flexibility index (Phi) is 5.03. The van der Waals surface area contributed by atoms with Gasteiger partial charge in [0.25, 0.3) is 17.4 Å². The molecule has 0 radical (unpaired) electrons. The summed E-state index contributed by atoms with van der Waals surface area (Å²) in [5.41, 5.74) is 5.71. The van der Waals surface area contributed by atoms with Crippen LogP contribution in [0.3, 0.4) is 0 Å². The van der Waals surface area contributed by atoms with E-state index in [1.54, 1.807) is 36.4 Å². The van der Waals surface area contributed by atoms with Gasteiger partial charge in [0.2, 0.25) is 5.95 Å². The number of amides is 2. The van der Waals surface area contributed by atoms with Crippen molar-refractivity contribution in [2.24, 2.45) is 0 Å². The number of aromatic nitrogens is 2. The molecule has 1 fully saturated rings. The first-order chi connectivity index (χ1) is 14.1. The summed E-state index contributed by atoms with van der Waals surface area (Å²) in [6, 6.07) is 9.62. The van der Waals surface area contributed by atoms with Gasteiger partial charge < -0.3 is 9.32 Å². The van der Waals surface area contributed by atoms with Crippen LogP contribution in [-0.4, -0.2) is 38.9 Å². The summed E-state index contributed by atoms with van der Waals surface area (Å²) in [6.07, 6.45) is 2.69. The van der Waals surface area contributed by atoms with Gasteiger partial charge in [-0.15, -0.1) is 0 Å². The number of nitrogens with zero attached hydrogens (tertiary/aromatic N) is 3. The molecule has 4 rings (SSSR count). The molecule has 2 N–H and O–H groups in total. The van der Waals surface area contributed by atoms with Crippen LogP contribution in [0, 0.1) is 0 Å². The van der Waals surface area contributed by atoms with Crippen LogP contribution in [0.5, 0.6) is 0 Å². The normalized spacial score (nSPS) is 16.2. The minimum Gasteiger partial charge on any atom is -0.459 e. The lowest BCUT2D eigenvalue weighted by Gasteiger charge is -2.23. The molecule has 1 atom stereocenters. The van der Waals surface area contributed by atoms with Gasteiger partial charge in [0.05, 0.1) is 17.2 Å². The lowest BCUT2D eigenvalue weighted by Crippen LogP contribution is -2.48. The summed E-state index contributed by atoms with van der Waals surface area (Å²) < 4.78 is 6.61. The highest BCUT2D eigenvalue weighted by atomic mass is 16.3. The predicted octanol–water partition coefficient (Wildman–Crippen LogP) is 1.76. The topological polar surface area (TPSA) is 109 Å². The zero-order valence-corrected chi connectivity index (χ0v) is 15.9. The number of furan rings is 1. The van der Waals surface area contributed by atoms with Crippen LogP contribution in [0.15, 0.2) is 51.9 Å². The van der Waals surface area contributed by atoms with Gasteiger partial charge >= 0.3 is 0 Å². The molecule has 150 valence electrons. The summed E-state index contributed by atoms with van der Waals surface area (Å²) >= 11 is 0. The van der Waals surface area contributed by atoms with Crippen molar-refractivity contribution in [2.75, 3.05) is 12.0 Å². The lowest BCUT2D eigenvalue weighted by atomic mass is 10.2. The SMILES string of the molecule is CCn1c(NNC(=O)C2CCCN2C(=O)c2ccco2)nc2ccccc2c1=O. The first-order valence-corrected chi connectivity index (χ1v) is 9.50. The van der Waals surface area contributed by atoms with Crippen LogP contribution in [0.4, 0.5) is 5.95 Å². The van der Waals surface area contributed by atoms with Crippen molar-refractivity contribution in [3.05, 3.63) is 58.8 Å². The fraction of sp³-hybridized carbons (Fsp3) is 0.300. The smallest absolute Gasteiger partial charge is 0.290 e. The fourth-order valence-corrected chi connectivity index (χ4v) is 3.58. The van der Waals surface area contributed by atoms with E-state index in [-0.39, 0.29) is 29.1 Å². The molecule has 1 unspecified atom stereocenters. The van der Waals surface area contributed by atoms with Crippen molar-refractivity contribution >= 4 is 28.7 Å². The summed E-state index contributed by atoms with van der Waals surface area (Å²) in [6.45, 7) is 2.69. The maximum atomic E-state index is 12.7. The molecule has 9 heteroatoms. The van der Waals surface area contributed by atoms with Crippen LogP contribution in [-0.2, 0) is 11.3 Å². The number of likely N-dealkylation sites (tertiary alicyclic amines) is 1. The zero-order chi connectivity index (χ0) is 20.4. The third kappa shape index (κ3) is 3.46. The van der Waals surface area contributed by atoms with Gasteiger partial charge in [-0.3, -0.25) is 29.8 Å². The molecule has 3 aromatic rings. The van der Waals surface area contributed by atoms with Gasteiger partial charge in [-0.1, -0.05) is 12.1 Å². The van der Waals surface area contributed by atoms with Crippen LogP contribution in [0.25, 0.3) is 10.9 Å². The van der Waals surface area contributed by atoms with Crippen molar-refractivity contribution in [1.29, 1.82) is 0 Å². The Morgan fingerprint density at radius 1 is 1.24 bits per heavy atom. The molecule has 1 aromatic carbocycles. The Morgan fingerprint density at radius 3 is 2.83 bits per heavy atom. The standard InChI is InChI=1S/C20H21N5O4/c1-2-24-18(27)13-7-3-4-8-14(13)21-20(24)23-22-17(26)15-9-5-11-25(15)19(28)16-10-6-12-29-16/h3-4,6-8,10,12,15H,2,5,9,11H2,1H3,(H,21,23)(H,22,26). The maximum Gasteiger partial charge on any atom is 0.290 e. The molecule has 1 saturated heterocycles. The van der Waals surface area contributed by atoms with Crippen molar-refractivity contribution in [2.45, 2.75) is 32.4 Å². The Hall–Kier alpha value is -3.62. The number of fused-ring (bicyclic) bond motifs is 1. The fourth-order valence-electron chi connectivity index (χ4n) is 3.58. The molecular weight excluding hydrogens is 374 g/mol. The van der Waals surface area contributed by atoms with Crippen LogP contribution in [0.1, 0.15) is 30.3 Å². The van der Waals surface area contributed by atoms with E-state index >= 15 is 0 Å². The Labute approximate surface area is 166 Å². The van der Waals surface area contributed by atoms with Crippen LogP contribution < -0.4 is 16.4 Å². The summed E-state index contributed by atoms with van der Waals surface area (Å²) in [5.74, 6) is -0.241. The minimum atomic E-state index is -0.623. The largest absolute Gasteiger partial charge is 0.459 e. The maximum absolute atomic E-state index is 12.7. The van der Waals surface area contributed by atoms with Crippen LogP contribution >= 0.6 is 0 Å². The number of carbonyl (C=O) groups is 2. The predicted molar refractivity (Wildman–Crippen MR) is 106 cm³/mol. The van der Waals surface area contributed by atoms with E-state index in [2.05, 4.69) is 15.8 Å². The number of rotatable bonds is 5. The van der Waals surface area contributed by atoms with E-state index in [9.17, 15) is 14.4 Å². The number of anilines is 1. The minimum absolute atomic E-state index is 0.190. The molecule has 2 amide bonds. The second-order valence-corrected chi connectivity index (χ2v) is 6.75. The van der Waals surface area contributed by atoms with Gasteiger partial charge in [0.1, 0.15) is 6.04 Å². The van der Waals surface area contributed by atoms with Gasteiger partial charge in [0, 0.05) is 13.1 Å². The number of para-hydroxylation sites is 1. The lowest BCUT2D eigenvalue weighted by molar-refractivity contribution is -0.124. The zero-order valence-electron chi connectivity index (χ0n) is 15.9. The van der Waals surface area contributed by atoms with Crippen LogP contribution in [0.2, 0.25) is 0 Å². The molecule has 0 aliphatic carbocycles. The first-order valence-electron chi connectivity index (χ1n) is 9.50. The summed E-state index contributed by atoms with van der Waals surface area (Å²) in [7, 11) is 0. The van der Waals surface area contributed by atoms with Gasteiger partial charge in [0.15, 0.2) is 5.76 Å². The Balaban J connectivity index is 1.52. The number of benzene rings is 1. The van der Waals surface area contributed by atoms with Crippen molar-refractivity contribution in [3.63, 3.8) is 0 Å². The summed E-state index contributed by atoms with van der Waals surface area (Å²) in [4.78, 5) is 43.9. The first kappa shape index (κ1) is 18.7. The molecule has 9 nitrogen and oxygen atoms in total. The van der Waals surface area contributed by atoms with E-state index in [1.165, 1.54) is 15.7 Å². The second-order valence-electron chi connectivity index (χ2n) is 6.75. The Morgan fingerprint density at radius 2 is 2.07 bits per heavy atom. The molecule has 29 heavy (non-hydrogen) atoms. The van der Waals surface area contributed by atoms with Crippen molar-refractivity contribution in [1.82, 2.24) is 19.9 Å². The van der Waals surface area contributed by atoms with Gasteiger partial charge in [-0.25, -0.2) is 4.98 Å². The highest BCUT2D eigenvalue weighted by Gasteiger charge is 2.35. The third-order valence-electron chi connectivity index (χ3n) is 5.02. The van der Waals surface area contributed by atoms with Crippen molar-refractivity contribution < 1.29 is 14.0 Å². The summed E-state index contributed by atoms with van der Waals surface area (Å²) in [5, 5.41) is 0.511. The molecule has 0 saturated carbocycles. The monoisotopic (exact) mass is 395 g/mol. The molecule has 0 spiro atoms. The van der Waals surface area contributed by atoms with E-state index in [1.807, 2.05) is 6.92 Å². The van der Waals surface area contributed by atoms with E-state index in [0.717, 1.165) is 6.42 Å². The van der Waals surface area contributed by atoms with E-state index in [4.69, 9.17) is 4.42 Å². The molecule has 1 aliphatic rings. The highest BCUT2D eigenvalue weighted by molar-refractivity contribution is 5.96.